The van der Waals surface area contributed by atoms with Crippen LogP contribution >= 0.6 is 0 Å². The minimum absolute atomic E-state index is 0.172. The molecule has 488 valence electrons. The molecule has 1 amide bonds. The lowest BCUT2D eigenvalue weighted by molar-refractivity contribution is -0.302. The highest BCUT2D eigenvalue weighted by Crippen LogP contribution is 2.23. The molecule has 84 heavy (non-hydrogen) atoms. The van der Waals surface area contributed by atoms with E-state index in [1.165, 1.54) is 231 Å². The predicted octanol–water partition coefficient (Wildman–Crippen LogP) is 19.7. The van der Waals surface area contributed by atoms with Crippen LogP contribution in [-0.2, 0) is 14.3 Å². The summed E-state index contributed by atoms with van der Waals surface area (Å²) in [7, 11) is 0. The van der Waals surface area contributed by atoms with Crippen LogP contribution in [0.4, 0.5) is 0 Å². The second-order valence-electron chi connectivity index (χ2n) is 24.7. The normalized spacial score (nSPS) is 18.7. The van der Waals surface area contributed by atoms with E-state index < -0.39 is 49.5 Å². The Kier molecular flexibility index (Phi) is 59.9. The smallest absolute Gasteiger partial charge is 0.220 e. The Morgan fingerprint density at radius 1 is 0.417 bits per heavy atom. The summed E-state index contributed by atoms with van der Waals surface area (Å²) in [6, 6.07) is -0.807. The molecular weight excluding hydrogens is 1040 g/mol. The van der Waals surface area contributed by atoms with E-state index in [9.17, 15) is 30.3 Å². The van der Waals surface area contributed by atoms with Crippen LogP contribution in [0.2, 0.25) is 0 Å². The Morgan fingerprint density at radius 2 is 0.738 bits per heavy atom. The second kappa shape index (κ2) is 63.4. The van der Waals surface area contributed by atoms with Crippen molar-refractivity contribution in [1.82, 2.24) is 5.32 Å². The van der Waals surface area contributed by atoms with Crippen LogP contribution in [0, 0.1) is 0 Å². The van der Waals surface area contributed by atoms with E-state index in [4.69, 9.17) is 9.47 Å². The predicted molar refractivity (Wildman–Crippen MR) is 359 cm³/mol. The number of aliphatic hydroxyl groups is 5. The van der Waals surface area contributed by atoms with Crippen LogP contribution in [0.3, 0.4) is 0 Å². The van der Waals surface area contributed by atoms with Crippen LogP contribution in [0.5, 0.6) is 0 Å². The van der Waals surface area contributed by atoms with Crippen molar-refractivity contribution in [2.45, 2.75) is 371 Å². The number of amides is 1. The highest BCUT2D eigenvalue weighted by Gasteiger charge is 2.44. The van der Waals surface area contributed by atoms with Gasteiger partial charge in [-0.2, -0.15) is 0 Å². The van der Waals surface area contributed by atoms with Gasteiger partial charge in [0.05, 0.1) is 25.4 Å². The lowest BCUT2D eigenvalue weighted by atomic mass is 9.99. The van der Waals surface area contributed by atoms with Crippen LogP contribution in [0.1, 0.15) is 328 Å². The molecule has 9 nitrogen and oxygen atoms in total. The molecule has 0 aromatic carbocycles. The van der Waals surface area contributed by atoms with E-state index >= 15 is 0 Å². The van der Waals surface area contributed by atoms with Crippen LogP contribution in [-0.4, -0.2) is 87.5 Å². The highest BCUT2D eigenvalue weighted by molar-refractivity contribution is 5.76. The van der Waals surface area contributed by atoms with E-state index in [1.54, 1.807) is 6.08 Å². The van der Waals surface area contributed by atoms with Crippen molar-refractivity contribution in [3.05, 3.63) is 85.1 Å². The molecule has 0 spiro atoms. The monoisotopic (exact) mass is 1180 g/mol. The minimum Gasteiger partial charge on any atom is -0.394 e. The molecule has 0 saturated carbocycles. The molecule has 7 atom stereocenters. The standard InChI is InChI=1S/C75H135NO8/c1-3-5-7-9-11-13-15-17-19-21-23-25-26-27-28-29-30-31-32-33-34-35-36-37-38-39-40-41-42-43-44-45-47-49-51-53-55-57-59-61-63-65-71(79)76-68(67-83-75-74(82)73(81)72(80)70(66-77)84-75)69(78)64-62-60-58-56-54-52-50-48-46-24-22-20-18-16-14-12-10-8-6-4-2/h5,7,11,13,17,19,23,25,27-28,30-31,62,64,68-70,72-75,77-78,80-82H,3-4,6,8-10,12,14-16,18,20-22,24,26,29,32-61,63,65-67H2,1-2H3,(H,76,79)/b7-5-,13-11-,19-17-,25-23-,28-27-,31-30-,64-62+. The highest BCUT2D eigenvalue weighted by atomic mass is 16.7. The Bertz CT molecular complexity index is 1600. The summed E-state index contributed by atoms with van der Waals surface area (Å²) in [6.45, 7) is 3.70. The van der Waals surface area contributed by atoms with Crippen LogP contribution < -0.4 is 5.32 Å². The number of ether oxygens (including phenoxy) is 2. The molecule has 7 unspecified atom stereocenters. The zero-order valence-electron chi connectivity index (χ0n) is 54.6. The van der Waals surface area contributed by atoms with Crippen molar-refractivity contribution >= 4 is 5.91 Å². The van der Waals surface area contributed by atoms with Gasteiger partial charge in [0.25, 0.3) is 0 Å². The largest absolute Gasteiger partial charge is 0.394 e. The maximum Gasteiger partial charge on any atom is 0.220 e. The average molecular weight is 1180 g/mol. The molecule has 0 aromatic heterocycles. The Balaban J connectivity index is 2.06. The fraction of sp³-hybridized carbons (Fsp3) is 0.800. The number of nitrogens with one attached hydrogen (secondary N) is 1. The number of hydrogen-bond acceptors (Lipinski definition) is 8. The van der Waals surface area contributed by atoms with Gasteiger partial charge in [0.2, 0.25) is 5.91 Å². The zero-order chi connectivity index (χ0) is 60.7. The molecule has 0 radical (unpaired) electrons. The van der Waals surface area contributed by atoms with Crippen molar-refractivity contribution in [2.75, 3.05) is 13.2 Å². The first kappa shape index (κ1) is 79.4. The molecule has 1 aliphatic rings. The van der Waals surface area contributed by atoms with Gasteiger partial charge in [-0.05, 0) is 70.6 Å². The minimum atomic E-state index is -1.57. The molecule has 0 aromatic rings. The summed E-state index contributed by atoms with van der Waals surface area (Å²) >= 11 is 0. The van der Waals surface area contributed by atoms with Gasteiger partial charge in [0.15, 0.2) is 6.29 Å². The molecule has 9 heteroatoms. The summed E-state index contributed by atoms with van der Waals surface area (Å²) < 4.78 is 11.3. The third kappa shape index (κ3) is 51.4. The molecule has 1 heterocycles. The quantitative estimate of drug-likeness (QED) is 0.0261. The zero-order valence-corrected chi connectivity index (χ0v) is 54.6. The topological polar surface area (TPSA) is 149 Å². The summed E-state index contributed by atoms with van der Waals surface area (Å²) in [5.74, 6) is -0.172. The molecule has 6 N–H and O–H groups in total. The Labute approximate surface area is 518 Å². The number of aliphatic hydroxyl groups excluding tert-OH is 5. The van der Waals surface area contributed by atoms with Crippen LogP contribution in [0.25, 0.3) is 0 Å². The number of allylic oxidation sites excluding steroid dienone is 13. The Hall–Kier alpha value is -2.63. The molecule has 1 rings (SSSR count). The first-order valence-electron chi connectivity index (χ1n) is 35.8. The maximum atomic E-state index is 13.1. The van der Waals surface area contributed by atoms with E-state index in [2.05, 4.69) is 92.1 Å². The molecular formula is C75H135NO8. The first-order valence-corrected chi connectivity index (χ1v) is 35.8. The Morgan fingerprint density at radius 3 is 1.10 bits per heavy atom. The summed E-state index contributed by atoms with van der Waals surface area (Å²) in [4.78, 5) is 13.1. The van der Waals surface area contributed by atoms with E-state index in [0.717, 1.165) is 77.0 Å². The van der Waals surface area contributed by atoms with Gasteiger partial charge < -0.3 is 40.3 Å². The molecule has 0 bridgehead atoms. The summed E-state index contributed by atoms with van der Waals surface area (Å²) in [5.41, 5.74) is 0. The van der Waals surface area contributed by atoms with Gasteiger partial charge in [-0.1, -0.05) is 336 Å². The first-order chi connectivity index (χ1) is 41.3. The number of hydrogen-bond donors (Lipinski definition) is 6. The SMILES string of the molecule is CC/C=C\C/C=C\C/C=C\C/C=C\C/C=C\C/C=C\CCCCCCCCCCCCCCCCCCCCCCCCC(=O)NC(COC1OC(CO)C(O)C(O)C1O)C(O)/C=C/CCCCCCCCCCCCCCCCCCCC. The van der Waals surface area contributed by atoms with Crippen molar-refractivity contribution in [3.63, 3.8) is 0 Å². The van der Waals surface area contributed by atoms with Gasteiger partial charge in [-0.3, -0.25) is 4.79 Å². The van der Waals surface area contributed by atoms with E-state index in [0.29, 0.717) is 6.42 Å². The van der Waals surface area contributed by atoms with Gasteiger partial charge in [0, 0.05) is 6.42 Å². The lowest BCUT2D eigenvalue weighted by Gasteiger charge is -2.40. The van der Waals surface area contributed by atoms with Crippen molar-refractivity contribution in [1.29, 1.82) is 0 Å². The molecule has 1 aliphatic heterocycles. The number of rotatable bonds is 62. The summed E-state index contributed by atoms with van der Waals surface area (Å²) in [5, 5.41) is 54.7. The molecule has 1 saturated heterocycles. The lowest BCUT2D eigenvalue weighted by Crippen LogP contribution is -2.60. The molecule has 0 aliphatic carbocycles. The molecule has 1 fully saturated rings. The third-order valence-corrected chi connectivity index (χ3v) is 16.7. The number of carbonyl (C=O) groups is 1. The number of carbonyl (C=O) groups excluding carboxylic acids is 1. The van der Waals surface area contributed by atoms with Gasteiger partial charge >= 0.3 is 0 Å². The average Bonchev–Trinajstić information content (AvgIpc) is 3.70. The van der Waals surface area contributed by atoms with E-state index in [1.807, 2.05) is 6.08 Å². The van der Waals surface area contributed by atoms with E-state index in [-0.39, 0.29) is 12.5 Å². The van der Waals surface area contributed by atoms with Crippen molar-refractivity contribution in [2.24, 2.45) is 0 Å². The van der Waals surface area contributed by atoms with Gasteiger partial charge in [-0.15, -0.1) is 0 Å². The van der Waals surface area contributed by atoms with Crippen molar-refractivity contribution in [3.8, 4) is 0 Å². The second-order valence-corrected chi connectivity index (χ2v) is 24.7. The van der Waals surface area contributed by atoms with Gasteiger partial charge in [-0.25, -0.2) is 0 Å². The fourth-order valence-corrected chi connectivity index (χ4v) is 11.2. The maximum absolute atomic E-state index is 13.1. The van der Waals surface area contributed by atoms with Crippen molar-refractivity contribution < 1.29 is 39.8 Å². The van der Waals surface area contributed by atoms with Crippen LogP contribution in [0.15, 0.2) is 85.1 Å². The van der Waals surface area contributed by atoms with Gasteiger partial charge in [0.1, 0.15) is 24.4 Å². The number of unbranched alkanes of at least 4 members (excludes halogenated alkanes) is 40. The summed E-state index contributed by atoms with van der Waals surface area (Å²) in [6.07, 6.45) is 84.1. The third-order valence-electron chi connectivity index (χ3n) is 16.7. The fourth-order valence-electron chi connectivity index (χ4n) is 11.2.